The first-order valence-electron chi connectivity index (χ1n) is 5.64. The van der Waals surface area contributed by atoms with Crippen LogP contribution in [0.3, 0.4) is 0 Å². The molecule has 1 heterocycles. The molecular formula is C11H22BrNO. The molecule has 0 bridgehead atoms. The van der Waals surface area contributed by atoms with Crippen LogP contribution in [0.15, 0.2) is 0 Å². The van der Waals surface area contributed by atoms with E-state index in [0.717, 1.165) is 12.5 Å². The van der Waals surface area contributed by atoms with Crippen LogP contribution in [-0.4, -0.2) is 43.6 Å². The van der Waals surface area contributed by atoms with Gasteiger partial charge in [0.05, 0.1) is 0 Å². The van der Waals surface area contributed by atoms with E-state index in [9.17, 15) is 0 Å². The van der Waals surface area contributed by atoms with Gasteiger partial charge in [0, 0.05) is 19.0 Å². The maximum absolute atomic E-state index is 5.04. The van der Waals surface area contributed by atoms with E-state index in [1.165, 1.54) is 50.6 Å². The summed E-state index contributed by atoms with van der Waals surface area (Å²) in [6.07, 6.45) is 5.23. The number of hydrogen-bond acceptors (Lipinski definition) is 2. The molecule has 0 N–H and O–H groups in total. The number of alkyl halides is 1. The molecule has 0 atom stereocenters. The van der Waals surface area contributed by atoms with E-state index >= 15 is 0 Å². The highest BCUT2D eigenvalue weighted by atomic mass is 79.9. The van der Waals surface area contributed by atoms with Crippen LogP contribution in [0.1, 0.15) is 25.7 Å². The van der Waals surface area contributed by atoms with Crippen molar-refractivity contribution < 1.29 is 4.74 Å². The smallest absolute Gasteiger partial charge is 0.0462 e. The van der Waals surface area contributed by atoms with Gasteiger partial charge in [-0.15, -0.1) is 0 Å². The van der Waals surface area contributed by atoms with E-state index in [1.807, 2.05) is 0 Å². The van der Waals surface area contributed by atoms with Gasteiger partial charge < -0.3 is 9.64 Å². The van der Waals surface area contributed by atoms with Crippen molar-refractivity contribution in [3.63, 3.8) is 0 Å². The largest absolute Gasteiger partial charge is 0.385 e. The number of hydrogen-bond donors (Lipinski definition) is 0. The Balaban J connectivity index is 1.98. The molecule has 0 unspecified atom stereocenters. The van der Waals surface area contributed by atoms with E-state index < -0.39 is 0 Å². The van der Waals surface area contributed by atoms with Crippen LogP contribution in [0, 0.1) is 5.92 Å². The Bertz CT molecular complexity index is 135. The van der Waals surface area contributed by atoms with Crippen molar-refractivity contribution >= 4 is 15.9 Å². The van der Waals surface area contributed by atoms with E-state index in [2.05, 4.69) is 20.8 Å². The lowest BCUT2D eigenvalue weighted by Gasteiger charge is -2.30. The zero-order valence-electron chi connectivity index (χ0n) is 9.17. The number of methoxy groups -OCH3 is 1. The van der Waals surface area contributed by atoms with Gasteiger partial charge in [-0.2, -0.15) is 0 Å². The van der Waals surface area contributed by atoms with Crippen molar-refractivity contribution in [2.45, 2.75) is 25.7 Å². The van der Waals surface area contributed by atoms with Gasteiger partial charge in [0.2, 0.25) is 0 Å². The van der Waals surface area contributed by atoms with Gasteiger partial charge in [-0.05, 0) is 51.2 Å². The number of ether oxygens (including phenoxy) is 1. The molecule has 1 aliphatic rings. The molecule has 84 valence electrons. The van der Waals surface area contributed by atoms with Crippen molar-refractivity contribution in [2.24, 2.45) is 5.92 Å². The van der Waals surface area contributed by atoms with Crippen LogP contribution in [0.25, 0.3) is 0 Å². The average molecular weight is 264 g/mol. The van der Waals surface area contributed by atoms with Crippen molar-refractivity contribution in [2.75, 3.05) is 38.7 Å². The Morgan fingerprint density at radius 2 is 2.00 bits per heavy atom. The van der Waals surface area contributed by atoms with Crippen molar-refractivity contribution in [3.05, 3.63) is 0 Å². The summed E-state index contributed by atoms with van der Waals surface area (Å²) in [5.41, 5.74) is 0. The molecule has 0 aromatic heterocycles. The number of piperidine rings is 1. The molecule has 1 saturated heterocycles. The predicted molar refractivity (Wildman–Crippen MR) is 64.1 cm³/mol. The van der Waals surface area contributed by atoms with Gasteiger partial charge in [0.15, 0.2) is 0 Å². The topological polar surface area (TPSA) is 12.5 Å². The van der Waals surface area contributed by atoms with E-state index in [1.54, 1.807) is 7.11 Å². The Labute approximate surface area is 96.1 Å². The Morgan fingerprint density at radius 3 is 2.57 bits per heavy atom. The monoisotopic (exact) mass is 263 g/mol. The van der Waals surface area contributed by atoms with Crippen LogP contribution in [-0.2, 0) is 4.74 Å². The van der Waals surface area contributed by atoms with Gasteiger partial charge in [0.25, 0.3) is 0 Å². The van der Waals surface area contributed by atoms with Crippen LogP contribution < -0.4 is 0 Å². The second-order valence-corrected chi connectivity index (χ2v) is 4.79. The molecule has 0 aliphatic carbocycles. The molecular weight excluding hydrogens is 242 g/mol. The molecule has 0 radical (unpaired) electrons. The number of rotatable bonds is 6. The lowest BCUT2D eigenvalue weighted by atomic mass is 9.99. The minimum atomic E-state index is 0.915. The first-order valence-corrected chi connectivity index (χ1v) is 6.76. The van der Waals surface area contributed by atoms with Gasteiger partial charge in [-0.1, -0.05) is 15.9 Å². The van der Waals surface area contributed by atoms with Crippen molar-refractivity contribution in [1.82, 2.24) is 4.90 Å². The molecule has 1 rings (SSSR count). The first kappa shape index (κ1) is 12.5. The lowest BCUT2D eigenvalue weighted by Crippen LogP contribution is -2.34. The zero-order valence-corrected chi connectivity index (χ0v) is 10.8. The first-order chi connectivity index (χ1) is 6.86. The van der Waals surface area contributed by atoms with Crippen LogP contribution in [0.2, 0.25) is 0 Å². The molecule has 1 aliphatic heterocycles. The summed E-state index contributed by atoms with van der Waals surface area (Å²) in [7, 11) is 1.78. The number of likely N-dealkylation sites (tertiary alicyclic amines) is 1. The summed E-state index contributed by atoms with van der Waals surface area (Å²) in [5, 5.41) is 1.19. The highest BCUT2D eigenvalue weighted by molar-refractivity contribution is 9.09. The van der Waals surface area contributed by atoms with Gasteiger partial charge >= 0.3 is 0 Å². The third-order valence-electron chi connectivity index (χ3n) is 3.00. The number of nitrogens with zero attached hydrogens (tertiary/aromatic N) is 1. The third-order valence-corrected chi connectivity index (χ3v) is 3.91. The molecule has 1 fully saturated rings. The minimum absolute atomic E-state index is 0.915. The minimum Gasteiger partial charge on any atom is -0.385 e. The fourth-order valence-electron chi connectivity index (χ4n) is 1.95. The highest BCUT2D eigenvalue weighted by Gasteiger charge is 2.17. The highest BCUT2D eigenvalue weighted by Crippen LogP contribution is 2.18. The normalized spacial score (nSPS) is 20.1. The van der Waals surface area contributed by atoms with Crippen molar-refractivity contribution in [1.29, 1.82) is 0 Å². The average Bonchev–Trinajstić information content (AvgIpc) is 2.25. The lowest BCUT2D eigenvalue weighted by molar-refractivity contribution is 0.167. The zero-order chi connectivity index (χ0) is 10.2. The summed E-state index contributed by atoms with van der Waals surface area (Å²) >= 11 is 3.57. The Morgan fingerprint density at radius 1 is 1.29 bits per heavy atom. The van der Waals surface area contributed by atoms with Crippen LogP contribution >= 0.6 is 15.9 Å². The fourth-order valence-corrected chi connectivity index (χ4v) is 2.59. The molecule has 0 saturated carbocycles. The van der Waals surface area contributed by atoms with E-state index in [0.29, 0.717) is 0 Å². The molecule has 0 amide bonds. The Hall–Kier alpha value is 0.400. The second kappa shape index (κ2) is 7.66. The SMILES string of the molecule is COCCCCN1CCC(CBr)CC1. The van der Waals surface area contributed by atoms with Gasteiger partial charge in [-0.3, -0.25) is 0 Å². The van der Waals surface area contributed by atoms with E-state index in [4.69, 9.17) is 4.74 Å². The fraction of sp³-hybridized carbons (Fsp3) is 1.00. The van der Waals surface area contributed by atoms with Gasteiger partial charge in [0.1, 0.15) is 0 Å². The summed E-state index contributed by atoms with van der Waals surface area (Å²) in [5.74, 6) is 0.922. The van der Waals surface area contributed by atoms with Crippen LogP contribution in [0.5, 0.6) is 0 Å². The second-order valence-electron chi connectivity index (χ2n) is 4.14. The maximum atomic E-state index is 5.04. The quantitative estimate of drug-likeness (QED) is 0.540. The molecule has 0 aromatic rings. The predicted octanol–water partition coefficient (Wildman–Crippen LogP) is 2.52. The van der Waals surface area contributed by atoms with Gasteiger partial charge in [-0.25, -0.2) is 0 Å². The summed E-state index contributed by atoms with van der Waals surface area (Å²) < 4.78 is 5.04. The molecule has 2 nitrogen and oxygen atoms in total. The van der Waals surface area contributed by atoms with Crippen LogP contribution in [0.4, 0.5) is 0 Å². The van der Waals surface area contributed by atoms with E-state index in [-0.39, 0.29) is 0 Å². The Kier molecular flexibility index (Phi) is 6.82. The summed E-state index contributed by atoms with van der Waals surface area (Å²) in [6.45, 7) is 4.77. The number of unbranched alkanes of at least 4 members (excludes halogenated alkanes) is 1. The van der Waals surface area contributed by atoms with Crippen molar-refractivity contribution in [3.8, 4) is 0 Å². The summed E-state index contributed by atoms with van der Waals surface area (Å²) in [4.78, 5) is 2.59. The molecule has 0 spiro atoms. The maximum Gasteiger partial charge on any atom is 0.0462 e. The third kappa shape index (κ3) is 4.76. The molecule has 14 heavy (non-hydrogen) atoms. The number of halogens is 1. The summed E-state index contributed by atoms with van der Waals surface area (Å²) in [6, 6.07) is 0. The molecule has 3 heteroatoms. The molecule has 0 aromatic carbocycles. The standard InChI is InChI=1S/C11H22BrNO/c1-14-9-3-2-6-13-7-4-11(10-12)5-8-13/h11H,2-10H2,1H3.